The molecule has 0 bridgehead atoms. The number of anilines is 5. The number of rotatable bonds is 13. The van der Waals surface area contributed by atoms with Gasteiger partial charge >= 0.3 is 12.1 Å². The van der Waals surface area contributed by atoms with Crippen LogP contribution in [0.5, 0.6) is 0 Å². The zero-order chi connectivity index (χ0) is 30.9. The second-order valence-corrected chi connectivity index (χ2v) is 10.4. The molecule has 2 heterocycles. The monoisotopic (exact) mass is 587 g/mol. The number of carbonyl (C=O) groups excluding carboxylic acids is 2. The van der Waals surface area contributed by atoms with Crippen LogP contribution in [0, 0.1) is 0 Å². The maximum absolute atomic E-state index is 13.4. The standard InChI is InChI=1S/C29H36F3N7O3/c1-6-39(7-2)27-34-17-20(16-29(30,31)32)24(38-27)37-23(26(41)42-28(3,4)5)15-19-10-12-21(13-11-19)36-25-22(35-18-40)9-8-14-33-25/h8-14,17-18,23H,6-7,15-16H2,1-5H3,(H,33,36)(H,35,40)(H,34,37,38)/t23-/m0/s1. The number of halogens is 3. The number of amides is 1. The van der Waals surface area contributed by atoms with Gasteiger partial charge in [-0.05, 0) is 64.4 Å². The number of pyridine rings is 1. The molecule has 0 unspecified atom stereocenters. The largest absolute Gasteiger partial charge is 0.458 e. The topological polar surface area (TPSA) is 121 Å². The van der Waals surface area contributed by atoms with E-state index < -0.39 is 30.2 Å². The lowest BCUT2D eigenvalue weighted by molar-refractivity contribution is -0.155. The van der Waals surface area contributed by atoms with Gasteiger partial charge in [-0.25, -0.2) is 14.8 Å². The number of esters is 1. The van der Waals surface area contributed by atoms with Crippen LogP contribution >= 0.6 is 0 Å². The molecule has 3 aromatic rings. The summed E-state index contributed by atoms with van der Waals surface area (Å²) >= 11 is 0. The van der Waals surface area contributed by atoms with Crippen molar-refractivity contribution in [1.82, 2.24) is 15.0 Å². The molecule has 1 atom stereocenters. The Morgan fingerprint density at radius 1 is 1.05 bits per heavy atom. The van der Waals surface area contributed by atoms with Crippen LogP contribution in [0.25, 0.3) is 0 Å². The zero-order valence-corrected chi connectivity index (χ0v) is 24.2. The van der Waals surface area contributed by atoms with Gasteiger partial charge in [0.2, 0.25) is 12.4 Å². The molecule has 0 saturated carbocycles. The van der Waals surface area contributed by atoms with Gasteiger partial charge in [0.05, 0.1) is 12.1 Å². The maximum atomic E-state index is 13.4. The summed E-state index contributed by atoms with van der Waals surface area (Å²) in [6, 6.07) is 9.41. The molecule has 0 saturated heterocycles. The summed E-state index contributed by atoms with van der Waals surface area (Å²) in [5, 5.41) is 8.64. The molecule has 42 heavy (non-hydrogen) atoms. The molecule has 0 radical (unpaired) electrons. The van der Waals surface area contributed by atoms with Crippen molar-refractivity contribution < 1.29 is 27.5 Å². The van der Waals surface area contributed by atoms with Crippen LogP contribution in [0.15, 0.2) is 48.8 Å². The number of ether oxygens (including phenoxy) is 1. The second kappa shape index (κ2) is 14.0. The first kappa shape index (κ1) is 32.1. The molecule has 0 aliphatic carbocycles. The highest BCUT2D eigenvalue weighted by Crippen LogP contribution is 2.28. The molecular formula is C29H36F3N7O3. The van der Waals surface area contributed by atoms with Crippen molar-refractivity contribution in [2.45, 2.75) is 65.3 Å². The van der Waals surface area contributed by atoms with E-state index in [4.69, 9.17) is 4.74 Å². The number of carbonyl (C=O) groups is 2. The Hall–Kier alpha value is -4.42. The number of nitrogens with one attached hydrogen (secondary N) is 3. The van der Waals surface area contributed by atoms with Crippen LogP contribution in [0.2, 0.25) is 0 Å². The first-order valence-electron chi connectivity index (χ1n) is 13.5. The molecule has 226 valence electrons. The van der Waals surface area contributed by atoms with E-state index in [0.29, 0.717) is 42.3 Å². The average Bonchev–Trinajstić information content (AvgIpc) is 2.91. The minimum atomic E-state index is -4.50. The van der Waals surface area contributed by atoms with Crippen LogP contribution < -0.4 is 20.9 Å². The summed E-state index contributed by atoms with van der Waals surface area (Å²) in [5.41, 5.74) is 0.871. The third-order valence-electron chi connectivity index (χ3n) is 5.97. The fourth-order valence-corrected chi connectivity index (χ4v) is 4.04. The van der Waals surface area contributed by atoms with Gasteiger partial charge in [0, 0.05) is 43.2 Å². The van der Waals surface area contributed by atoms with E-state index in [-0.39, 0.29) is 23.8 Å². The minimum Gasteiger partial charge on any atom is -0.458 e. The molecule has 3 rings (SSSR count). The number of nitrogens with zero attached hydrogens (tertiary/aromatic N) is 4. The number of benzene rings is 1. The van der Waals surface area contributed by atoms with E-state index >= 15 is 0 Å². The smallest absolute Gasteiger partial charge is 0.393 e. The summed E-state index contributed by atoms with van der Waals surface area (Å²) in [6.07, 6.45) is -2.38. The Balaban J connectivity index is 1.91. The first-order chi connectivity index (χ1) is 19.8. The van der Waals surface area contributed by atoms with E-state index in [2.05, 4.69) is 30.9 Å². The van der Waals surface area contributed by atoms with Gasteiger partial charge in [0.25, 0.3) is 0 Å². The molecule has 0 aliphatic rings. The van der Waals surface area contributed by atoms with E-state index in [1.807, 2.05) is 13.8 Å². The molecule has 0 aliphatic heterocycles. The highest BCUT2D eigenvalue weighted by Gasteiger charge is 2.32. The summed E-state index contributed by atoms with van der Waals surface area (Å²) in [6.45, 7) is 10.0. The van der Waals surface area contributed by atoms with Crippen molar-refractivity contribution in [3.05, 3.63) is 59.9 Å². The van der Waals surface area contributed by atoms with Gasteiger partial charge in [0.15, 0.2) is 5.82 Å². The Bertz CT molecular complexity index is 1340. The summed E-state index contributed by atoms with van der Waals surface area (Å²) in [7, 11) is 0. The van der Waals surface area contributed by atoms with Crippen molar-refractivity contribution in [3.8, 4) is 0 Å². The van der Waals surface area contributed by atoms with Crippen molar-refractivity contribution in [2.75, 3.05) is 33.9 Å². The number of alkyl halides is 3. The Morgan fingerprint density at radius 3 is 2.33 bits per heavy atom. The summed E-state index contributed by atoms with van der Waals surface area (Å²) in [4.78, 5) is 38.8. The third-order valence-corrected chi connectivity index (χ3v) is 5.97. The molecule has 1 amide bonds. The highest BCUT2D eigenvalue weighted by molar-refractivity contribution is 5.81. The second-order valence-electron chi connectivity index (χ2n) is 10.4. The van der Waals surface area contributed by atoms with Gasteiger partial charge in [-0.3, -0.25) is 4.79 Å². The van der Waals surface area contributed by atoms with Gasteiger partial charge in [0.1, 0.15) is 17.5 Å². The number of hydrogen-bond donors (Lipinski definition) is 3. The van der Waals surface area contributed by atoms with Crippen LogP contribution in [-0.2, 0) is 27.2 Å². The molecule has 0 fully saturated rings. The SMILES string of the molecule is CCN(CC)c1ncc(CC(F)(F)F)c(N[C@@H](Cc2ccc(Nc3ncccc3NC=O)cc2)C(=O)OC(C)(C)C)n1. The summed E-state index contributed by atoms with van der Waals surface area (Å²) < 4.78 is 45.9. The molecule has 1 aromatic carbocycles. The lowest BCUT2D eigenvalue weighted by Gasteiger charge is -2.26. The molecular weight excluding hydrogens is 551 g/mol. The third kappa shape index (κ3) is 9.60. The van der Waals surface area contributed by atoms with Gasteiger partial charge in [-0.15, -0.1) is 0 Å². The quantitative estimate of drug-likeness (QED) is 0.176. The molecule has 10 nitrogen and oxygen atoms in total. The maximum Gasteiger partial charge on any atom is 0.393 e. The molecule has 2 aromatic heterocycles. The van der Waals surface area contributed by atoms with Crippen molar-refractivity contribution >= 4 is 41.3 Å². The van der Waals surface area contributed by atoms with Crippen LogP contribution in [0.1, 0.15) is 45.7 Å². The summed E-state index contributed by atoms with van der Waals surface area (Å²) in [5.74, 6) is -0.0205. The average molecular weight is 588 g/mol. The van der Waals surface area contributed by atoms with Crippen molar-refractivity contribution in [1.29, 1.82) is 0 Å². The predicted molar refractivity (Wildman–Crippen MR) is 156 cm³/mol. The predicted octanol–water partition coefficient (Wildman–Crippen LogP) is 5.50. The van der Waals surface area contributed by atoms with Crippen molar-refractivity contribution in [2.24, 2.45) is 0 Å². The normalized spacial score (nSPS) is 12.3. The Kier molecular flexibility index (Phi) is 10.7. The van der Waals surface area contributed by atoms with Crippen molar-refractivity contribution in [3.63, 3.8) is 0 Å². The van der Waals surface area contributed by atoms with Gasteiger partial charge < -0.3 is 25.6 Å². The van der Waals surface area contributed by atoms with E-state index in [9.17, 15) is 22.8 Å². The highest BCUT2D eigenvalue weighted by atomic mass is 19.4. The van der Waals surface area contributed by atoms with Crippen LogP contribution in [-0.4, -0.2) is 58.2 Å². The van der Waals surface area contributed by atoms with E-state index in [0.717, 1.165) is 6.20 Å². The molecule has 3 N–H and O–H groups in total. The Morgan fingerprint density at radius 2 is 1.74 bits per heavy atom. The number of aromatic nitrogens is 3. The minimum absolute atomic E-state index is 0.0799. The fraction of sp³-hybridized carbons (Fsp3) is 0.414. The first-order valence-corrected chi connectivity index (χ1v) is 13.5. The zero-order valence-electron chi connectivity index (χ0n) is 24.2. The van der Waals surface area contributed by atoms with Gasteiger partial charge in [-0.1, -0.05) is 12.1 Å². The Labute approximate surface area is 243 Å². The molecule has 0 spiro atoms. The van der Waals surface area contributed by atoms with E-state index in [1.54, 1.807) is 68.3 Å². The van der Waals surface area contributed by atoms with Gasteiger partial charge in [-0.2, -0.15) is 18.2 Å². The lowest BCUT2D eigenvalue weighted by Crippen LogP contribution is -2.39. The van der Waals surface area contributed by atoms with Crippen LogP contribution in [0.4, 0.5) is 42.1 Å². The molecule has 13 heteroatoms. The lowest BCUT2D eigenvalue weighted by atomic mass is 10.0. The van der Waals surface area contributed by atoms with E-state index in [1.165, 1.54) is 0 Å². The van der Waals surface area contributed by atoms with Crippen LogP contribution in [0.3, 0.4) is 0 Å². The fourth-order valence-electron chi connectivity index (χ4n) is 4.04. The number of hydrogen-bond acceptors (Lipinski definition) is 9.